The maximum Gasteiger partial charge on any atom is 0.352 e. The van der Waals surface area contributed by atoms with Gasteiger partial charge in [0.1, 0.15) is 24.2 Å². The molecule has 0 aromatic carbocycles. The second kappa shape index (κ2) is 8.99. The molecule has 2 amide bonds. The molecule has 15 heteroatoms. The number of pyridine rings is 1. The lowest BCUT2D eigenvalue weighted by molar-refractivity contribution is -0.687. The van der Waals surface area contributed by atoms with Crippen LogP contribution in [0.2, 0.25) is 0 Å². The Kier molecular flexibility index (Phi) is 5.86. The van der Waals surface area contributed by atoms with Crippen molar-refractivity contribution < 1.29 is 33.4 Å². The summed E-state index contributed by atoms with van der Waals surface area (Å²) >= 11 is 2.95. The fourth-order valence-corrected chi connectivity index (χ4v) is 6.05. The van der Waals surface area contributed by atoms with Crippen molar-refractivity contribution in [1.29, 1.82) is 0 Å². The fraction of sp³-hybridized carbons (Fsp3) is 0.250. The fourth-order valence-electron chi connectivity index (χ4n) is 3.88. The van der Waals surface area contributed by atoms with Gasteiger partial charge in [0.2, 0.25) is 11.5 Å². The van der Waals surface area contributed by atoms with Gasteiger partial charge in [-0.15, -0.1) is 23.1 Å². The second-order valence-electron chi connectivity index (χ2n) is 7.55. The number of amides is 2. The van der Waals surface area contributed by atoms with Crippen LogP contribution in [0.1, 0.15) is 5.82 Å². The third-order valence-electron chi connectivity index (χ3n) is 5.42. The van der Waals surface area contributed by atoms with Crippen LogP contribution in [0, 0.1) is 0 Å². The number of fused-ring (bicyclic) bond motifs is 2. The molecule has 0 spiro atoms. The van der Waals surface area contributed by atoms with Crippen LogP contribution < -0.4 is 15.6 Å². The highest BCUT2D eigenvalue weighted by Crippen LogP contribution is 2.40. The van der Waals surface area contributed by atoms with E-state index in [1.807, 2.05) is 34.5 Å². The average Bonchev–Trinajstić information content (AvgIpc) is 3.48. The number of nitrogens with two attached hydrogens (primary N) is 1. The lowest BCUT2D eigenvalue weighted by Crippen LogP contribution is -2.71. The van der Waals surface area contributed by atoms with E-state index in [0.29, 0.717) is 17.9 Å². The third-order valence-corrected chi connectivity index (χ3v) is 7.62. The Bertz CT molecular complexity index is 1410. The van der Waals surface area contributed by atoms with E-state index in [1.165, 1.54) is 23.8 Å². The van der Waals surface area contributed by atoms with Gasteiger partial charge in [-0.1, -0.05) is 10.3 Å². The van der Waals surface area contributed by atoms with Gasteiger partial charge in [-0.2, -0.15) is 9.55 Å². The molecular formula is C20H18N7O6S2+. The van der Waals surface area contributed by atoms with Crippen LogP contribution in [0.25, 0.3) is 10.1 Å². The molecule has 180 valence electrons. The van der Waals surface area contributed by atoms with Crippen LogP contribution in [-0.2, 0) is 25.8 Å². The maximum atomic E-state index is 13.0. The first kappa shape index (κ1) is 22.8. The molecule has 1 saturated heterocycles. The van der Waals surface area contributed by atoms with Gasteiger partial charge < -0.3 is 25.5 Å². The third kappa shape index (κ3) is 4.08. The molecule has 5 rings (SSSR count). The number of carboxylic acid groups (broad SMARTS) is 1. The minimum Gasteiger partial charge on any atom is -0.477 e. The highest BCUT2D eigenvalue weighted by Gasteiger charge is 2.55. The van der Waals surface area contributed by atoms with E-state index in [4.69, 9.17) is 5.73 Å². The number of nitrogens with one attached hydrogen (secondary N) is 1. The normalized spacial score (nSPS) is 20.0. The van der Waals surface area contributed by atoms with Crippen molar-refractivity contribution in [2.45, 2.75) is 18.0 Å². The first-order chi connectivity index (χ1) is 16.9. The molecule has 2 aliphatic heterocycles. The summed E-state index contributed by atoms with van der Waals surface area (Å²) in [5.74, 6) is -2.38. The Morgan fingerprint density at radius 1 is 1.46 bits per heavy atom. The molecule has 1 unspecified atom stereocenters. The molecule has 2 atom stereocenters. The summed E-state index contributed by atoms with van der Waals surface area (Å²) in [7, 11) is 1.23. The monoisotopic (exact) mass is 516 g/mol. The molecule has 1 fully saturated rings. The highest BCUT2D eigenvalue weighted by atomic mass is 32.2. The van der Waals surface area contributed by atoms with Gasteiger partial charge in [-0.3, -0.25) is 14.5 Å². The number of hydrogen-bond acceptors (Lipinski definition) is 11. The van der Waals surface area contributed by atoms with Crippen LogP contribution in [0.3, 0.4) is 0 Å². The Hall–Kier alpha value is -3.98. The number of aliphatic carboxylic acids is 1. The predicted octanol–water partition coefficient (Wildman–Crippen LogP) is -0.0567. The summed E-state index contributed by atoms with van der Waals surface area (Å²) in [6.45, 7) is 0.319. The standard InChI is InChI=1S/C20H17N7O6S2/c1-32-24-12(15-23-20(21)33-25-15)16(28)22-13-17(29)27-14(19(30)31)10(8-35-18(13)27)6-26-4-2-9-3-5-34-11(9)7-26/h2-5,7,13,18H,6,8H2,1H3,(H3-,21,22,23,25,28,30,31)/p+1/t13?,18-/m1/s1. The van der Waals surface area contributed by atoms with Crippen molar-refractivity contribution in [2.75, 3.05) is 18.6 Å². The molecule has 3 aromatic rings. The smallest absolute Gasteiger partial charge is 0.352 e. The van der Waals surface area contributed by atoms with Gasteiger partial charge in [0.15, 0.2) is 18.9 Å². The Labute approximate surface area is 205 Å². The predicted molar refractivity (Wildman–Crippen MR) is 124 cm³/mol. The number of carbonyl (C=O) groups excluding carboxylic acids is 2. The molecular weight excluding hydrogens is 498 g/mol. The summed E-state index contributed by atoms with van der Waals surface area (Å²) < 4.78 is 7.63. The molecule has 2 aliphatic rings. The van der Waals surface area contributed by atoms with E-state index in [2.05, 4.69) is 30.0 Å². The minimum atomic E-state index is -1.20. The van der Waals surface area contributed by atoms with Crippen molar-refractivity contribution in [3.63, 3.8) is 0 Å². The molecule has 35 heavy (non-hydrogen) atoms. The zero-order chi connectivity index (χ0) is 24.7. The first-order valence-corrected chi connectivity index (χ1v) is 12.1. The Balaban J connectivity index is 1.36. The minimum absolute atomic E-state index is 0.0697. The van der Waals surface area contributed by atoms with Crippen LogP contribution in [-0.4, -0.2) is 67.9 Å². The van der Waals surface area contributed by atoms with Gasteiger partial charge in [0.25, 0.3) is 11.8 Å². The first-order valence-electron chi connectivity index (χ1n) is 10.1. The Morgan fingerprint density at radius 3 is 3.00 bits per heavy atom. The number of carboxylic acids is 1. The lowest BCUT2D eigenvalue weighted by atomic mass is 10.0. The van der Waals surface area contributed by atoms with Crippen LogP contribution >= 0.6 is 23.1 Å². The van der Waals surface area contributed by atoms with Crippen molar-refractivity contribution in [3.8, 4) is 0 Å². The number of thiophene rings is 1. The lowest BCUT2D eigenvalue weighted by Gasteiger charge is -2.49. The Morgan fingerprint density at radius 2 is 2.29 bits per heavy atom. The molecule has 13 nitrogen and oxygen atoms in total. The number of aromatic nitrogens is 3. The van der Waals surface area contributed by atoms with Gasteiger partial charge in [0, 0.05) is 22.8 Å². The van der Waals surface area contributed by atoms with E-state index in [0.717, 1.165) is 10.1 Å². The number of nitrogen functional groups attached to an aromatic ring is 1. The maximum absolute atomic E-state index is 13.0. The SMILES string of the molecule is CON=C(C(=O)NC1C(=O)N2C(C(=O)O)=C(C[n+]3ccc4ccsc4c3)CS[C@H]12)c1noc(N)n1. The van der Waals surface area contributed by atoms with Crippen molar-refractivity contribution >= 4 is 62.7 Å². The number of hydrogen-bond donors (Lipinski definition) is 3. The summed E-state index contributed by atoms with van der Waals surface area (Å²) in [6.07, 6.45) is 3.83. The molecule has 0 radical (unpaired) electrons. The molecule has 3 aromatic heterocycles. The zero-order valence-electron chi connectivity index (χ0n) is 18.1. The highest BCUT2D eigenvalue weighted by molar-refractivity contribution is 8.00. The van der Waals surface area contributed by atoms with Crippen LogP contribution in [0.4, 0.5) is 6.01 Å². The van der Waals surface area contributed by atoms with Crippen LogP contribution in [0.5, 0.6) is 0 Å². The summed E-state index contributed by atoms with van der Waals surface area (Å²) in [5.41, 5.74) is 5.59. The second-order valence-corrected chi connectivity index (χ2v) is 9.61. The number of oxime groups is 1. The van der Waals surface area contributed by atoms with Crippen molar-refractivity contribution in [3.05, 3.63) is 47.0 Å². The number of nitrogens with zero attached hydrogens (tertiary/aromatic N) is 5. The zero-order valence-corrected chi connectivity index (χ0v) is 19.7. The molecule has 4 N–H and O–H groups in total. The summed E-state index contributed by atoms with van der Waals surface area (Å²) in [5, 5.41) is 22.1. The molecule has 0 aliphatic carbocycles. The van der Waals surface area contributed by atoms with Gasteiger partial charge >= 0.3 is 12.0 Å². The number of carbonyl (C=O) groups is 3. The van der Waals surface area contributed by atoms with Crippen molar-refractivity contribution in [2.24, 2.45) is 5.16 Å². The molecule has 0 bridgehead atoms. The van der Waals surface area contributed by atoms with Gasteiger partial charge in [0.05, 0.1) is 4.70 Å². The molecule has 0 saturated carbocycles. The summed E-state index contributed by atoms with van der Waals surface area (Å²) in [6, 6.07) is 2.73. The molecule has 5 heterocycles. The van der Waals surface area contributed by atoms with Crippen LogP contribution in [0.15, 0.2) is 50.9 Å². The van der Waals surface area contributed by atoms with Gasteiger partial charge in [-0.25, -0.2) is 4.79 Å². The number of thioether (sulfide) groups is 1. The topological polar surface area (TPSA) is 177 Å². The van der Waals surface area contributed by atoms with E-state index in [-0.39, 0.29) is 23.2 Å². The van der Waals surface area contributed by atoms with Gasteiger partial charge in [-0.05, 0) is 11.4 Å². The average molecular weight is 517 g/mol. The van der Waals surface area contributed by atoms with E-state index in [9.17, 15) is 19.5 Å². The number of rotatable bonds is 7. The number of β-lactam (4-membered cyclic amide) rings is 1. The number of anilines is 1. The summed E-state index contributed by atoms with van der Waals surface area (Å²) in [4.78, 5) is 47.5. The van der Waals surface area contributed by atoms with E-state index < -0.39 is 29.2 Å². The van der Waals surface area contributed by atoms with Crippen molar-refractivity contribution in [1.82, 2.24) is 20.4 Å². The quantitative estimate of drug-likeness (QED) is 0.167. The largest absolute Gasteiger partial charge is 0.477 e. The van der Waals surface area contributed by atoms with E-state index in [1.54, 1.807) is 11.3 Å². The van der Waals surface area contributed by atoms with E-state index >= 15 is 0 Å².